The smallest absolute Gasteiger partial charge is 0.248 e. The van der Waals surface area contributed by atoms with E-state index in [0.717, 1.165) is 12.1 Å². The molecule has 1 amide bonds. The normalized spacial score (nSPS) is 15.3. The van der Waals surface area contributed by atoms with Crippen LogP contribution in [0.3, 0.4) is 0 Å². The Morgan fingerprint density at radius 2 is 1.92 bits per heavy atom. The summed E-state index contributed by atoms with van der Waals surface area (Å²) < 4.78 is 65.5. The zero-order valence-electron chi connectivity index (χ0n) is 20.0. The van der Waals surface area contributed by atoms with Crippen LogP contribution in [0.4, 0.5) is 14.5 Å². The van der Waals surface area contributed by atoms with Crippen LogP contribution in [0.2, 0.25) is 5.02 Å². The van der Waals surface area contributed by atoms with Crippen LogP contribution in [0.1, 0.15) is 29.9 Å². The topological polar surface area (TPSA) is 102 Å². The number of amides is 1. The summed E-state index contributed by atoms with van der Waals surface area (Å²) in [5, 5.41) is 6.93. The third kappa shape index (κ3) is 5.84. The van der Waals surface area contributed by atoms with Gasteiger partial charge in [0, 0.05) is 36.3 Å². The number of piperidine rings is 1. The Labute approximate surface area is 217 Å². The first-order chi connectivity index (χ1) is 17.6. The van der Waals surface area contributed by atoms with E-state index in [1.54, 1.807) is 18.2 Å². The molecule has 1 N–H and O–H groups in total. The number of halogens is 3. The second kappa shape index (κ2) is 11.0. The lowest BCUT2D eigenvalue weighted by Crippen LogP contribution is -2.41. The summed E-state index contributed by atoms with van der Waals surface area (Å²) in [4.78, 5) is 12.6. The van der Waals surface area contributed by atoms with E-state index in [9.17, 15) is 22.0 Å². The quantitative estimate of drug-likeness (QED) is 0.437. The number of nitrogens with one attached hydrogen (secondary N) is 1. The van der Waals surface area contributed by atoms with Crippen molar-refractivity contribution >= 4 is 45.4 Å². The molecule has 2 heterocycles. The molecule has 0 atom stereocenters. The maximum atomic E-state index is 14.0. The molecule has 0 spiro atoms. The lowest BCUT2D eigenvalue weighted by molar-refractivity contribution is -0.120. The van der Waals surface area contributed by atoms with Crippen LogP contribution in [0.15, 0.2) is 45.8 Å². The Bertz CT molecular complexity index is 1450. The summed E-state index contributed by atoms with van der Waals surface area (Å²) >= 11 is 6.11. The molecular formula is C25H24ClF2N3O5S. The van der Waals surface area contributed by atoms with Crippen molar-refractivity contribution in [1.29, 1.82) is 0 Å². The Balaban J connectivity index is 1.44. The number of sulfonamides is 1. The van der Waals surface area contributed by atoms with Crippen LogP contribution in [-0.4, -0.2) is 44.0 Å². The first-order valence-corrected chi connectivity index (χ1v) is 13.2. The molecule has 1 aliphatic rings. The van der Waals surface area contributed by atoms with Crippen molar-refractivity contribution in [2.75, 3.05) is 25.5 Å². The van der Waals surface area contributed by atoms with Crippen LogP contribution in [0.25, 0.3) is 12.2 Å². The van der Waals surface area contributed by atoms with Gasteiger partial charge in [0.15, 0.2) is 10.7 Å². The van der Waals surface area contributed by atoms with Crippen LogP contribution in [0.5, 0.6) is 5.75 Å². The van der Waals surface area contributed by atoms with Gasteiger partial charge in [-0.25, -0.2) is 17.2 Å². The Kier molecular flexibility index (Phi) is 7.96. The maximum absolute atomic E-state index is 14.0. The molecule has 196 valence electrons. The molecule has 4 rings (SSSR count). The zero-order valence-corrected chi connectivity index (χ0v) is 21.6. The number of hydrogen-bond donors (Lipinski definition) is 1. The number of ether oxygens (including phenoxy) is 1. The van der Waals surface area contributed by atoms with Gasteiger partial charge < -0.3 is 14.6 Å². The second-order valence-corrected chi connectivity index (χ2v) is 10.8. The summed E-state index contributed by atoms with van der Waals surface area (Å²) in [5.74, 6) is -1.73. The van der Waals surface area contributed by atoms with Crippen molar-refractivity contribution in [3.63, 3.8) is 0 Å². The molecule has 1 aromatic heterocycles. The number of methoxy groups -OCH3 is 1. The maximum Gasteiger partial charge on any atom is 0.248 e. The fraction of sp³-hybridized carbons (Fsp3) is 0.280. The molecule has 1 saturated heterocycles. The van der Waals surface area contributed by atoms with Crippen molar-refractivity contribution in [2.24, 2.45) is 5.92 Å². The molecule has 8 nitrogen and oxygen atoms in total. The van der Waals surface area contributed by atoms with Crippen molar-refractivity contribution < 1.29 is 31.3 Å². The molecule has 2 aromatic carbocycles. The number of carbonyl (C=O) groups is 1. The van der Waals surface area contributed by atoms with E-state index in [1.807, 2.05) is 0 Å². The first-order valence-electron chi connectivity index (χ1n) is 11.3. The van der Waals surface area contributed by atoms with Crippen LogP contribution in [0, 0.1) is 24.5 Å². The highest BCUT2D eigenvalue weighted by Gasteiger charge is 2.36. The summed E-state index contributed by atoms with van der Waals surface area (Å²) in [6.07, 6.45) is 3.19. The van der Waals surface area contributed by atoms with Gasteiger partial charge in [0.05, 0.1) is 12.1 Å². The number of anilines is 1. The van der Waals surface area contributed by atoms with Gasteiger partial charge in [-0.1, -0.05) is 16.8 Å². The van der Waals surface area contributed by atoms with Gasteiger partial charge in [0.1, 0.15) is 23.1 Å². The molecule has 37 heavy (non-hydrogen) atoms. The van der Waals surface area contributed by atoms with Gasteiger partial charge in [0.25, 0.3) is 0 Å². The van der Waals surface area contributed by atoms with Crippen molar-refractivity contribution in [2.45, 2.75) is 24.7 Å². The third-order valence-corrected chi connectivity index (χ3v) is 8.40. The molecular weight excluding hydrogens is 528 g/mol. The van der Waals surface area contributed by atoms with E-state index < -0.39 is 27.6 Å². The molecule has 3 aromatic rings. The van der Waals surface area contributed by atoms with E-state index >= 15 is 0 Å². The number of benzene rings is 2. The molecule has 12 heteroatoms. The zero-order chi connectivity index (χ0) is 26.7. The Hall–Kier alpha value is -3.28. The van der Waals surface area contributed by atoms with Gasteiger partial charge in [-0.2, -0.15) is 4.31 Å². The van der Waals surface area contributed by atoms with Crippen molar-refractivity contribution in [1.82, 2.24) is 9.46 Å². The summed E-state index contributed by atoms with van der Waals surface area (Å²) in [6, 6.07) is 7.95. The predicted molar refractivity (Wildman–Crippen MR) is 135 cm³/mol. The summed E-state index contributed by atoms with van der Waals surface area (Å²) in [6.45, 7) is 1.72. The molecule has 0 aliphatic carbocycles. The highest BCUT2D eigenvalue weighted by molar-refractivity contribution is 7.89. The number of aromatic nitrogens is 1. The minimum atomic E-state index is -4.01. The van der Waals surface area contributed by atoms with E-state index in [2.05, 4.69) is 10.5 Å². The molecule has 0 radical (unpaired) electrons. The number of aryl methyl sites for hydroxylation is 1. The van der Waals surface area contributed by atoms with Crippen LogP contribution < -0.4 is 10.1 Å². The van der Waals surface area contributed by atoms with Gasteiger partial charge in [-0.15, -0.1) is 0 Å². The second-order valence-electron chi connectivity index (χ2n) is 8.48. The third-order valence-electron chi connectivity index (χ3n) is 6.05. The van der Waals surface area contributed by atoms with Crippen molar-refractivity contribution in [3.8, 4) is 5.75 Å². The number of rotatable bonds is 7. The van der Waals surface area contributed by atoms with E-state index in [0.29, 0.717) is 29.3 Å². The Morgan fingerprint density at radius 3 is 2.57 bits per heavy atom. The number of nitrogens with zero attached hydrogens (tertiary/aromatic N) is 2. The minimum absolute atomic E-state index is 0.0591. The number of carbonyl (C=O) groups excluding carboxylic acids is 1. The minimum Gasteiger partial charge on any atom is -0.495 e. The monoisotopic (exact) mass is 551 g/mol. The van der Waals surface area contributed by atoms with Crippen LogP contribution >= 0.6 is 11.6 Å². The molecule has 0 unspecified atom stereocenters. The largest absolute Gasteiger partial charge is 0.495 e. The first kappa shape index (κ1) is 26.8. The average molecular weight is 552 g/mol. The van der Waals surface area contributed by atoms with E-state index in [1.165, 1.54) is 36.6 Å². The SMILES string of the molecule is COc1ccc(NC(=O)C2CCN(S(=O)(=O)c3c(C)noc3/C=C/c3ccc(F)cc3F)CC2)cc1Cl. The fourth-order valence-corrected chi connectivity index (χ4v) is 6.05. The number of hydrogen-bond acceptors (Lipinski definition) is 6. The predicted octanol–water partition coefficient (Wildman–Crippen LogP) is 5.13. The highest BCUT2D eigenvalue weighted by Crippen LogP contribution is 2.31. The molecule has 1 aliphatic heterocycles. The average Bonchev–Trinajstić information content (AvgIpc) is 3.24. The van der Waals surface area contributed by atoms with Crippen LogP contribution in [-0.2, 0) is 14.8 Å². The van der Waals surface area contributed by atoms with E-state index in [-0.39, 0.29) is 40.9 Å². The fourth-order valence-electron chi connectivity index (χ4n) is 4.08. The van der Waals surface area contributed by atoms with Gasteiger partial charge in [-0.3, -0.25) is 4.79 Å². The summed E-state index contributed by atoms with van der Waals surface area (Å²) in [7, 11) is -2.52. The van der Waals surface area contributed by atoms with Gasteiger partial charge in [0.2, 0.25) is 15.9 Å². The van der Waals surface area contributed by atoms with E-state index in [4.69, 9.17) is 20.9 Å². The summed E-state index contributed by atoms with van der Waals surface area (Å²) in [5.41, 5.74) is 0.722. The standard InChI is InChI=1S/C25H24ClF2N3O5S/c1-15-24(23(36-30-15)7-4-16-3-5-18(27)13-21(16)28)37(33,34)31-11-9-17(10-12-31)25(32)29-19-6-8-22(35-2)20(26)14-19/h3-8,13-14,17H,9-12H2,1-2H3,(H,29,32)/b7-4+. The highest BCUT2D eigenvalue weighted by atomic mass is 35.5. The molecule has 0 bridgehead atoms. The van der Waals surface area contributed by atoms with Crippen molar-refractivity contribution in [3.05, 3.63) is 70.1 Å². The lowest BCUT2D eigenvalue weighted by atomic mass is 9.97. The molecule has 1 fully saturated rings. The van der Waals surface area contributed by atoms with Gasteiger partial charge >= 0.3 is 0 Å². The Morgan fingerprint density at radius 1 is 1.19 bits per heavy atom. The van der Waals surface area contributed by atoms with Gasteiger partial charge in [-0.05, 0) is 62.2 Å². The lowest BCUT2D eigenvalue weighted by Gasteiger charge is -2.30. The molecule has 0 saturated carbocycles.